The van der Waals surface area contributed by atoms with Crippen LogP contribution in [0.5, 0.6) is 0 Å². The number of H-pyrrole nitrogens is 1. The molecular weight excluding hydrogens is 321 g/mol. The molecule has 0 atom stereocenters. The number of hydrogen-bond acceptors (Lipinski definition) is 0. The molecular formula is C9H2Cl4F3N. The number of aromatic nitrogens is 1. The summed E-state index contributed by atoms with van der Waals surface area (Å²) in [6.07, 6.45) is -4.52. The van der Waals surface area contributed by atoms with Gasteiger partial charge in [-0.2, -0.15) is 13.2 Å². The Balaban J connectivity index is 2.86. The van der Waals surface area contributed by atoms with E-state index in [9.17, 15) is 13.2 Å². The van der Waals surface area contributed by atoms with Gasteiger partial charge >= 0.3 is 6.18 Å². The summed E-state index contributed by atoms with van der Waals surface area (Å²) in [5, 5.41) is -0.229. The van der Waals surface area contributed by atoms with Gasteiger partial charge in [0.2, 0.25) is 0 Å². The van der Waals surface area contributed by atoms with E-state index in [4.69, 9.17) is 46.4 Å². The lowest BCUT2D eigenvalue weighted by Gasteiger charge is -2.03. The second kappa shape index (κ2) is 4.12. The highest BCUT2D eigenvalue weighted by Crippen LogP contribution is 2.44. The lowest BCUT2D eigenvalue weighted by Crippen LogP contribution is -2.04. The van der Waals surface area contributed by atoms with Crippen molar-refractivity contribution in [3.05, 3.63) is 31.9 Å². The summed E-state index contributed by atoms with van der Waals surface area (Å²) in [5.41, 5.74) is -0.951. The third-order valence-corrected chi connectivity index (χ3v) is 3.97. The number of aromatic amines is 1. The van der Waals surface area contributed by atoms with Crippen LogP contribution in [-0.2, 0) is 6.18 Å². The van der Waals surface area contributed by atoms with Crippen molar-refractivity contribution in [1.82, 2.24) is 4.98 Å². The second-order valence-electron chi connectivity index (χ2n) is 3.23. The van der Waals surface area contributed by atoms with Crippen LogP contribution < -0.4 is 0 Å². The van der Waals surface area contributed by atoms with Crippen LogP contribution in [0.15, 0.2) is 6.07 Å². The van der Waals surface area contributed by atoms with Crippen molar-refractivity contribution in [2.45, 2.75) is 6.18 Å². The molecule has 1 N–H and O–H groups in total. The first-order valence-electron chi connectivity index (χ1n) is 4.15. The maximum atomic E-state index is 12.5. The number of hydrogen-bond donors (Lipinski definition) is 1. The van der Waals surface area contributed by atoms with Crippen LogP contribution in [0.4, 0.5) is 13.2 Å². The molecule has 1 nitrogen and oxygen atoms in total. The van der Waals surface area contributed by atoms with Gasteiger partial charge < -0.3 is 4.98 Å². The fourth-order valence-corrected chi connectivity index (χ4v) is 2.34. The van der Waals surface area contributed by atoms with Crippen LogP contribution in [0.25, 0.3) is 10.9 Å². The van der Waals surface area contributed by atoms with Gasteiger partial charge in [-0.05, 0) is 6.07 Å². The zero-order chi connectivity index (χ0) is 13.0. The lowest BCUT2D eigenvalue weighted by molar-refractivity contribution is -0.140. The van der Waals surface area contributed by atoms with Gasteiger partial charge in [0.1, 0.15) is 5.69 Å². The van der Waals surface area contributed by atoms with Gasteiger partial charge in [0.25, 0.3) is 0 Å². The topological polar surface area (TPSA) is 15.8 Å². The summed E-state index contributed by atoms with van der Waals surface area (Å²) in [6, 6.07) is 0.839. The molecule has 0 saturated carbocycles. The second-order valence-corrected chi connectivity index (χ2v) is 4.74. The van der Waals surface area contributed by atoms with E-state index < -0.39 is 11.9 Å². The van der Waals surface area contributed by atoms with E-state index in [0.717, 1.165) is 6.07 Å². The number of fused-ring (bicyclic) bond motifs is 1. The first-order chi connectivity index (χ1) is 7.73. The third-order valence-electron chi connectivity index (χ3n) is 2.16. The smallest absolute Gasteiger partial charge is 0.350 e. The highest BCUT2D eigenvalue weighted by atomic mass is 35.5. The minimum absolute atomic E-state index is 0.0124. The average Bonchev–Trinajstić information content (AvgIpc) is 2.67. The monoisotopic (exact) mass is 321 g/mol. The minimum Gasteiger partial charge on any atom is -0.350 e. The third kappa shape index (κ3) is 2.08. The van der Waals surface area contributed by atoms with Gasteiger partial charge in [-0.25, -0.2) is 0 Å². The van der Waals surface area contributed by atoms with E-state index in [1.807, 2.05) is 0 Å². The van der Waals surface area contributed by atoms with Crippen LogP contribution >= 0.6 is 46.4 Å². The van der Waals surface area contributed by atoms with E-state index in [1.165, 1.54) is 0 Å². The summed E-state index contributed by atoms with van der Waals surface area (Å²) in [4.78, 5) is 2.13. The van der Waals surface area contributed by atoms with Gasteiger partial charge in [-0.3, -0.25) is 0 Å². The molecule has 2 rings (SSSR count). The molecule has 0 bridgehead atoms. The lowest BCUT2D eigenvalue weighted by atomic mass is 10.2. The zero-order valence-corrected chi connectivity index (χ0v) is 10.7. The van der Waals surface area contributed by atoms with Crippen LogP contribution in [0.1, 0.15) is 5.69 Å². The molecule has 1 heterocycles. The first kappa shape index (κ1) is 13.1. The molecule has 0 spiro atoms. The normalized spacial score (nSPS) is 12.4. The van der Waals surface area contributed by atoms with E-state index in [-0.39, 0.29) is 31.0 Å². The van der Waals surface area contributed by atoms with Crippen LogP contribution in [0, 0.1) is 0 Å². The molecule has 1 aromatic carbocycles. The molecule has 0 amide bonds. The largest absolute Gasteiger partial charge is 0.431 e. The molecule has 0 saturated heterocycles. The zero-order valence-electron chi connectivity index (χ0n) is 7.72. The van der Waals surface area contributed by atoms with Crippen molar-refractivity contribution in [3.8, 4) is 0 Å². The average molecular weight is 323 g/mol. The molecule has 0 aliphatic rings. The molecule has 0 unspecified atom stereocenters. The standard InChI is InChI=1S/C9H2Cl4F3N/c10-4-2-1-3(9(14,15)16)17-8(2)7(13)6(12)5(4)11/h1,17H. The maximum Gasteiger partial charge on any atom is 0.431 e. The first-order valence-corrected chi connectivity index (χ1v) is 5.66. The van der Waals surface area contributed by atoms with Crippen LogP contribution in [0.2, 0.25) is 20.1 Å². The van der Waals surface area contributed by atoms with Crippen molar-refractivity contribution in [1.29, 1.82) is 0 Å². The Morgan fingerprint density at radius 1 is 0.882 bits per heavy atom. The number of rotatable bonds is 0. The highest BCUT2D eigenvalue weighted by Gasteiger charge is 2.33. The minimum atomic E-state index is -4.52. The predicted molar refractivity (Wildman–Crippen MR) is 63.3 cm³/mol. The Morgan fingerprint density at radius 3 is 1.94 bits per heavy atom. The van der Waals surface area contributed by atoms with Crippen LogP contribution in [-0.4, -0.2) is 4.98 Å². The van der Waals surface area contributed by atoms with Gasteiger partial charge in [-0.15, -0.1) is 0 Å². The highest BCUT2D eigenvalue weighted by molar-refractivity contribution is 6.55. The van der Waals surface area contributed by atoms with Crippen LogP contribution in [0.3, 0.4) is 0 Å². The Bertz CT molecular complexity index is 558. The summed E-state index contributed by atoms with van der Waals surface area (Å²) < 4.78 is 37.5. The van der Waals surface area contributed by atoms with Gasteiger partial charge in [0.05, 0.1) is 25.6 Å². The van der Waals surface area contributed by atoms with Crippen molar-refractivity contribution in [2.75, 3.05) is 0 Å². The molecule has 92 valence electrons. The fraction of sp³-hybridized carbons (Fsp3) is 0.111. The van der Waals surface area contributed by atoms with E-state index in [1.54, 1.807) is 0 Å². The quantitative estimate of drug-likeness (QED) is 0.466. The van der Waals surface area contributed by atoms with E-state index in [2.05, 4.69) is 4.98 Å². The summed E-state index contributed by atoms with van der Waals surface area (Å²) >= 11 is 23.1. The van der Waals surface area contributed by atoms with Crippen molar-refractivity contribution in [2.24, 2.45) is 0 Å². The van der Waals surface area contributed by atoms with Crippen molar-refractivity contribution >= 4 is 57.3 Å². The molecule has 0 radical (unpaired) electrons. The van der Waals surface area contributed by atoms with Gasteiger partial charge in [0, 0.05) is 5.39 Å². The predicted octanol–water partition coefficient (Wildman–Crippen LogP) is 5.80. The van der Waals surface area contributed by atoms with Crippen molar-refractivity contribution in [3.63, 3.8) is 0 Å². The molecule has 0 aliphatic heterocycles. The number of benzene rings is 1. The molecule has 0 fully saturated rings. The van der Waals surface area contributed by atoms with Gasteiger partial charge in [-0.1, -0.05) is 46.4 Å². The molecule has 2 aromatic rings. The Kier molecular flexibility index (Phi) is 3.19. The Labute approximate surface area is 113 Å². The maximum absolute atomic E-state index is 12.5. The fourth-order valence-electron chi connectivity index (χ4n) is 1.37. The van der Waals surface area contributed by atoms with E-state index >= 15 is 0 Å². The Hall–Kier alpha value is -0.290. The number of halogens is 7. The van der Waals surface area contributed by atoms with Crippen molar-refractivity contribution < 1.29 is 13.2 Å². The molecule has 17 heavy (non-hydrogen) atoms. The Morgan fingerprint density at radius 2 is 1.41 bits per heavy atom. The number of alkyl halides is 3. The molecule has 0 aliphatic carbocycles. The molecule has 1 aromatic heterocycles. The number of nitrogens with one attached hydrogen (secondary N) is 1. The summed E-state index contributed by atoms with van der Waals surface area (Å²) in [6.45, 7) is 0. The summed E-state index contributed by atoms with van der Waals surface area (Å²) in [7, 11) is 0. The van der Waals surface area contributed by atoms with Gasteiger partial charge in [0.15, 0.2) is 0 Å². The van der Waals surface area contributed by atoms with E-state index in [0.29, 0.717) is 0 Å². The summed E-state index contributed by atoms with van der Waals surface area (Å²) in [5.74, 6) is 0. The molecule has 8 heteroatoms. The SMILES string of the molecule is FC(F)(F)c1cc2c(Cl)c(Cl)c(Cl)c(Cl)c2[nH]1.